The molecular formula is C18H13F2N3O4. The number of hydrogen-bond donors (Lipinski definition) is 1. The summed E-state index contributed by atoms with van der Waals surface area (Å²) < 4.78 is 39.8. The van der Waals surface area contributed by atoms with Crippen LogP contribution in [0, 0.1) is 11.6 Å². The molecule has 0 radical (unpaired) electrons. The first-order valence-corrected chi connectivity index (χ1v) is 8.10. The summed E-state index contributed by atoms with van der Waals surface area (Å²) in [6.07, 6.45) is 5.92. The number of ether oxygens (including phenoxy) is 2. The number of imidazole rings is 1. The van der Waals surface area contributed by atoms with E-state index in [0.717, 1.165) is 6.07 Å². The molecule has 0 saturated heterocycles. The number of carbonyl (C=O) groups is 1. The van der Waals surface area contributed by atoms with Gasteiger partial charge in [0.15, 0.2) is 11.6 Å². The Hall–Kier alpha value is -3.49. The number of benzene rings is 1. The predicted molar refractivity (Wildman–Crippen MR) is 91.3 cm³/mol. The van der Waals surface area contributed by atoms with E-state index in [9.17, 15) is 18.4 Å². The molecule has 27 heavy (non-hydrogen) atoms. The summed E-state index contributed by atoms with van der Waals surface area (Å²) in [6, 6.07) is 0.759. The minimum atomic E-state index is -1.25. The number of aromatic amines is 1. The van der Waals surface area contributed by atoms with Crippen LogP contribution in [0.4, 0.5) is 8.78 Å². The Morgan fingerprint density at radius 3 is 2.93 bits per heavy atom. The smallest absolute Gasteiger partial charge is 0.343 e. The molecule has 1 aliphatic rings. The third-order valence-corrected chi connectivity index (χ3v) is 4.16. The minimum absolute atomic E-state index is 0.0380. The lowest BCUT2D eigenvalue weighted by molar-refractivity contribution is 0.0524. The monoisotopic (exact) mass is 373 g/mol. The average molecular weight is 373 g/mol. The summed E-state index contributed by atoms with van der Waals surface area (Å²) >= 11 is 0. The highest BCUT2D eigenvalue weighted by Crippen LogP contribution is 2.35. The van der Waals surface area contributed by atoms with Crippen molar-refractivity contribution < 1.29 is 23.0 Å². The predicted octanol–water partition coefficient (Wildman–Crippen LogP) is 2.61. The molecule has 2 aromatic heterocycles. The van der Waals surface area contributed by atoms with Crippen LogP contribution in [0.2, 0.25) is 0 Å². The van der Waals surface area contributed by atoms with Crippen molar-refractivity contribution in [3.8, 4) is 5.75 Å². The van der Waals surface area contributed by atoms with Gasteiger partial charge in [-0.2, -0.15) is 4.39 Å². The number of aromatic nitrogens is 3. The molecule has 0 fully saturated rings. The van der Waals surface area contributed by atoms with Crippen LogP contribution >= 0.6 is 0 Å². The molecule has 0 saturated carbocycles. The van der Waals surface area contributed by atoms with E-state index in [2.05, 4.69) is 9.97 Å². The van der Waals surface area contributed by atoms with Gasteiger partial charge in [-0.25, -0.2) is 14.2 Å². The van der Waals surface area contributed by atoms with Gasteiger partial charge in [0.1, 0.15) is 23.2 Å². The molecule has 0 atom stereocenters. The topological polar surface area (TPSA) is 86.2 Å². The summed E-state index contributed by atoms with van der Waals surface area (Å²) in [5, 5.41) is -0.181. The standard InChI is InChI=1S/C18H13F2N3O4/c1-2-26-18(25)11-7-23-9(5-13-21-3-4-22-13)8-27-17-14(20)12(19)6-10(15(17)23)16(11)24/h3-4,6-8H,2,5H2,1H3,(H,21,22). The van der Waals surface area contributed by atoms with Gasteiger partial charge in [-0.05, 0) is 13.0 Å². The second-order valence-electron chi connectivity index (χ2n) is 5.80. The second-order valence-corrected chi connectivity index (χ2v) is 5.80. The maximum absolute atomic E-state index is 14.2. The van der Waals surface area contributed by atoms with E-state index in [1.165, 1.54) is 17.0 Å². The highest BCUT2D eigenvalue weighted by atomic mass is 19.2. The quantitative estimate of drug-likeness (QED) is 0.711. The fourth-order valence-electron chi connectivity index (χ4n) is 2.97. The van der Waals surface area contributed by atoms with Gasteiger partial charge in [0.2, 0.25) is 11.2 Å². The summed E-state index contributed by atoms with van der Waals surface area (Å²) in [4.78, 5) is 31.9. The molecule has 7 nitrogen and oxygen atoms in total. The van der Waals surface area contributed by atoms with Gasteiger partial charge in [0, 0.05) is 25.0 Å². The summed E-state index contributed by atoms with van der Waals surface area (Å²) in [5.41, 5.74) is -0.536. The van der Waals surface area contributed by atoms with E-state index < -0.39 is 28.8 Å². The van der Waals surface area contributed by atoms with Crippen LogP contribution in [0.15, 0.2) is 35.7 Å². The van der Waals surface area contributed by atoms with Crippen LogP contribution < -0.4 is 10.2 Å². The third kappa shape index (κ3) is 2.67. The highest BCUT2D eigenvalue weighted by molar-refractivity contribution is 5.97. The van der Waals surface area contributed by atoms with Crippen LogP contribution in [0.5, 0.6) is 5.75 Å². The molecule has 1 N–H and O–H groups in total. The van der Waals surface area contributed by atoms with Gasteiger partial charge in [0.05, 0.1) is 17.7 Å². The van der Waals surface area contributed by atoms with Gasteiger partial charge in [-0.15, -0.1) is 0 Å². The maximum Gasteiger partial charge on any atom is 0.343 e. The van der Waals surface area contributed by atoms with Crippen LogP contribution in [0.1, 0.15) is 23.1 Å². The molecule has 0 spiro atoms. The van der Waals surface area contributed by atoms with E-state index in [1.807, 2.05) is 0 Å². The van der Waals surface area contributed by atoms with E-state index in [0.29, 0.717) is 11.5 Å². The Balaban J connectivity index is 1.99. The lowest BCUT2D eigenvalue weighted by atomic mass is 10.1. The average Bonchev–Trinajstić information content (AvgIpc) is 3.15. The molecule has 138 valence electrons. The Morgan fingerprint density at radius 2 is 2.22 bits per heavy atom. The molecule has 0 amide bonds. The van der Waals surface area contributed by atoms with Gasteiger partial charge < -0.3 is 19.0 Å². The van der Waals surface area contributed by atoms with Gasteiger partial charge >= 0.3 is 5.97 Å². The van der Waals surface area contributed by atoms with Gasteiger partial charge in [-0.3, -0.25) is 4.79 Å². The molecule has 3 aromatic rings. The Bertz CT molecular complexity index is 1150. The summed E-state index contributed by atoms with van der Waals surface area (Å²) in [6.45, 7) is 1.67. The fraction of sp³-hybridized carbons (Fsp3) is 0.167. The Labute approximate surface area is 150 Å². The molecular weight excluding hydrogens is 360 g/mol. The number of halogens is 2. The van der Waals surface area contributed by atoms with Crippen molar-refractivity contribution >= 4 is 22.6 Å². The van der Waals surface area contributed by atoms with Crippen molar-refractivity contribution in [3.05, 3.63) is 64.2 Å². The maximum atomic E-state index is 14.2. The van der Waals surface area contributed by atoms with Crippen molar-refractivity contribution in [1.82, 2.24) is 14.5 Å². The van der Waals surface area contributed by atoms with Crippen LogP contribution in [-0.4, -0.2) is 27.1 Å². The minimum Gasteiger partial charge on any atom is -0.462 e. The molecule has 0 bridgehead atoms. The van der Waals surface area contributed by atoms with E-state index in [-0.39, 0.29) is 29.5 Å². The summed E-state index contributed by atoms with van der Waals surface area (Å²) in [7, 11) is 0. The first-order valence-electron chi connectivity index (χ1n) is 8.10. The van der Waals surface area contributed by atoms with E-state index in [1.54, 1.807) is 19.3 Å². The van der Waals surface area contributed by atoms with Crippen molar-refractivity contribution in [3.63, 3.8) is 0 Å². The number of carbonyl (C=O) groups excluding carboxylic acids is 1. The molecule has 1 aliphatic heterocycles. The Kier molecular flexibility index (Phi) is 3.98. The van der Waals surface area contributed by atoms with Crippen molar-refractivity contribution in [1.29, 1.82) is 0 Å². The number of hydrogen-bond acceptors (Lipinski definition) is 5. The van der Waals surface area contributed by atoms with E-state index >= 15 is 0 Å². The van der Waals surface area contributed by atoms with Crippen LogP contribution in [0.3, 0.4) is 0 Å². The molecule has 9 heteroatoms. The zero-order valence-corrected chi connectivity index (χ0v) is 14.1. The number of rotatable bonds is 4. The first-order chi connectivity index (χ1) is 13.0. The second kappa shape index (κ2) is 6.35. The number of nitrogens with zero attached hydrogens (tertiary/aromatic N) is 2. The normalized spacial score (nSPS) is 12.6. The lowest BCUT2D eigenvalue weighted by Crippen LogP contribution is -2.23. The molecule has 1 aromatic carbocycles. The van der Waals surface area contributed by atoms with E-state index in [4.69, 9.17) is 9.47 Å². The number of allylic oxidation sites excluding steroid dienone is 1. The van der Waals surface area contributed by atoms with Crippen molar-refractivity contribution in [2.75, 3.05) is 6.61 Å². The zero-order chi connectivity index (χ0) is 19.1. The molecule has 0 unspecified atom stereocenters. The Morgan fingerprint density at radius 1 is 1.41 bits per heavy atom. The van der Waals surface area contributed by atoms with Gasteiger partial charge in [-0.1, -0.05) is 0 Å². The van der Waals surface area contributed by atoms with Crippen LogP contribution in [-0.2, 0) is 11.2 Å². The SMILES string of the molecule is CCOC(=O)c1cn2c3c(c(F)c(F)cc3c1=O)OC=C2Cc1ncc[nH]1. The largest absolute Gasteiger partial charge is 0.462 e. The number of esters is 1. The number of H-pyrrole nitrogens is 1. The third-order valence-electron chi connectivity index (χ3n) is 4.16. The molecule has 3 heterocycles. The van der Waals surface area contributed by atoms with Crippen molar-refractivity contribution in [2.24, 2.45) is 0 Å². The number of nitrogens with one attached hydrogen (secondary N) is 1. The summed E-state index contributed by atoms with van der Waals surface area (Å²) in [5.74, 6) is -3.14. The van der Waals surface area contributed by atoms with Crippen LogP contribution in [0.25, 0.3) is 16.6 Å². The zero-order valence-electron chi connectivity index (χ0n) is 14.1. The molecule has 0 aliphatic carbocycles. The van der Waals surface area contributed by atoms with Crippen molar-refractivity contribution in [2.45, 2.75) is 13.3 Å². The van der Waals surface area contributed by atoms with Gasteiger partial charge in [0.25, 0.3) is 0 Å². The number of pyridine rings is 1. The lowest BCUT2D eigenvalue weighted by Gasteiger charge is -2.22. The highest BCUT2D eigenvalue weighted by Gasteiger charge is 2.27. The fourth-order valence-corrected chi connectivity index (χ4v) is 2.97. The molecule has 4 rings (SSSR count). The first kappa shape index (κ1) is 17.0.